The number of aryl methyl sites for hydroxylation is 1. The molecule has 0 radical (unpaired) electrons. The molecule has 0 saturated heterocycles. The quantitative estimate of drug-likeness (QED) is 0.447. The molecule has 3 rings (SSSR count). The Bertz CT molecular complexity index is 625. The molecule has 22 heavy (non-hydrogen) atoms. The van der Waals surface area contributed by atoms with E-state index in [0.717, 1.165) is 11.1 Å². The first-order valence-corrected chi connectivity index (χ1v) is 6.95. The Labute approximate surface area is 142 Å². The van der Waals surface area contributed by atoms with E-state index in [1.807, 2.05) is 72.8 Å². The van der Waals surface area contributed by atoms with Gasteiger partial charge in [-0.2, -0.15) is 18.2 Å². The van der Waals surface area contributed by atoms with Gasteiger partial charge >= 0.3 is 0 Å². The fourth-order valence-corrected chi connectivity index (χ4v) is 1.81. The first kappa shape index (κ1) is 17.9. The van der Waals surface area contributed by atoms with E-state index in [4.69, 9.17) is 0 Å². The van der Waals surface area contributed by atoms with Crippen LogP contribution in [0, 0.1) is 6.92 Å². The number of aliphatic hydroxyl groups excluding tert-OH is 1. The van der Waals surface area contributed by atoms with Crippen LogP contribution in [0.2, 0.25) is 0 Å². The number of benzene rings is 1. The number of aliphatic hydroxyl groups is 1. The summed E-state index contributed by atoms with van der Waals surface area (Å²) in [5, 5.41) is 9.76. The molecule has 0 fully saturated rings. The van der Waals surface area contributed by atoms with Gasteiger partial charge in [-0.15, -0.1) is 0 Å². The summed E-state index contributed by atoms with van der Waals surface area (Å²) in [6.07, 6.45) is 11.2. The van der Waals surface area contributed by atoms with E-state index >= 15 is 0 Å². The van der Waals surface area contributed by atoms with Crippen LogP contribution < -0.4 is 0 Å². The predicted octanol–water partition coefficient (Wildman–Crippen LogP) is 5.35. The molecule has 1 N–H and O–H groups in total. The molecule has 2 heteroatoms. The van der Waals surface area contributed by atoms with Gasteiger partial charge in [0.05, 0.1) is 0 Å². The van der Waals surface area contributed by atoms with Crippen molar-refractivity contribution in [3.63, 3.8) is 0 Å². The number of allylic oxidation sites excluding steroid dienone is 6. The van der Waals surface area contributed by atoms with Crippen LogP contribution in [0.5, 0.6) is 0 Å². The molecule has 1 aliphatic carbocycles. The third kappa shape index (κ3) is 6.09. The van der Waals surface area contributed by atoms with Crippen LogP contribution in [0.25, 0.3) is 6.08 Å². The van der Waals surface area contributed by atoms with Crippen molar-refractivity contribution in [1.29, 1.82) is 0 Å². The van der Waals surface area contributed by atoms with Gasteiger partial charge in [-0.1, -0.05) is 60.2 Å². The van der Waals surface area contributed by atoms with Gasteiger partial charge in [0.15, 0.2) is 0 Å². The van der Waals surface area contributed by atoms with Crippen molar-refractivity contribution in [3.05, 3.63) is 107 Å². The molecular weight excluding hydrogens is 312 g/mol. The Balaban J connectivity index is 0.000000344. The normalized spacial score (nSPS) is 12.0. The molecule has 2 aromatic rings. The summed E-state index contributed by atoms with van der Waals surface area (Å²) in [6.45, 7) is 2.06. The zero-order valence-corrected chi connectivity index (χ0v) is 13.6. The smallest absolute Gasteiger partial charge is 0.122 e. The molecule has 0 atom stereocenters. The van der Waals surface area contributed by atoms with Crippen molar-refractivity contribution in [1.82, 2.24) is 0 Å². The first-order chi connectivity index (χ1) is 10.3. The minimum absolute atomic E-state index is 0. The third-order valence-electron chi connectivity index (χ3n) is 3.03. The van der Waals surface area contributed by atoms with E-state index in [1.165, 1.54) is 5.56 Å². The summed E-state index contributed by atoms with van der Waals surface area (Å²) in [5.74, 6) is 0.297. The van der Waals surface area contributed by atoms with E-state index in [2.05, 4.69) is 19.1 Å². The predicted molar refractivity (Wildman–Crippen MR) is 90.2 cm³/mol. The third-order valence-corrected chi connectivity index (χ3v) is 3.03. The minimum Gasteiger partial charge on any atom is -0.507 e. The van der Waals surface area contributed by atoms with Crippen molar-refractivity contribution >= 4 is 6.08 Å². The van der Waals surface area contributed by atoms with Gasteiger partial charge in [0, 0.05) is 22.6 Å². The zero-order valence-electron chi connectivity index (χ0n) is 12.5. The van der Waals surface area contributed by atoms with Gasteiger partial charge in [-0.25, -0.2) is 12.1 Å². The molecule has 2 aromatic carbocycles. The molecule has 114 valence electrons. The fourth-order valence-electron chi connectivity index (χ4n) is 1.81. The topological polar surface area (TPSA) is 20.2 Å². The molecule has 0 unspecified atom stereocenters. The maximum atomic E-state index is 9.76. The van der Waals surface area contributed by atoms with Crippen molar-refractivity contribution in [3.8, 4) is 0 Å². The Morgan fingerprint density at radius 3 is 2.09 bits per heavy atom. The average Bonchev–Trinajstić information content (AvgIpc) is 3.21. The van der Waals surface area contributed by atoms with Crippen LogP contribution in [0.3, 0.4) is 0 Å². The summed E-state index contributed by atoms with van der Waals surface area (Å²) >= 11 is 0. The van der Waals surface area contributed by atoms with Gasteiger partial charge in [-0.3, -0.25) is 0 Å². The average molecular weight is 331 g/mol. The van der Waals surface area contributed by atoms with Crippen molar-refractivity contribution in [2.75, 3.05) is 0 Å². The summed E-state index contributed by atoms with van der Waals surface area (Å²) in [7, 11) is 0. The molecule has 0 bridgehead atoms. The monoisotopic (exact) mass is 331 g/mol. The molecular formula is C20H19FeO-. The fraction of sp³-hybridized carbons (Fsp3) is 0.0500. The Hall–Kier alpha value is -2.15. The Morgan fingerprint density at radius 2 is 1.59 bits per heavy atom. The molecule has 0 amide bonds. The van der Waals surface area contributed by atoms with Gasteiger partial charge in [0.1, 0.15) is 5.76 Å². The Kier molecular flexibility index (Phi) is 7.91. The number of hydrogen-bond acceptors (Lipinski definition) is 1. The van der Waals surface area contributed by atoms with E-state index in [9.17, 15) is 5.11 Å². The summed E-state index contributed by atoms with van der Waals surface area (Å²) in [6, 6.07) is 18.2. The second kappa shape index (κ2) is 9.73. The van der Waals surface area contributed by atoms with Crippen molar-refractivity contribution in [2.24, 2.45) is 0 Å². The molecule has 0 spiro atoms. The van der Waals surface area contributed by atoms with Crippen LogP contribution >= 0.6 is 0 Å². The summed E-state index contributed by atoms with van der Waals surface area (Å²) in [5.41, 5.74) is 3.17. The van der Waals surface area contributed by atoms with Crippen LogP contribution in [-0.2, 0) is 17.1 Å². The SMILES string of the molecule is Cc1ccc(C=CC(O)=C2C=CC=C2)cc1.[Fe].c1cc[cH-]c1. The second-order valence-corrected chi connectivity index (χ2v) is 4.77. The number of hydrogen-bond donors (Lipinski definition) is 1. The molecule has 1 nitrogen and oxygen atoms in total. The van der Waals surface area contributed by atoms with Gasteiger partial charge in [0.2, 0.25) is 0 Å². The van der Waals surface area contributed by atoms with Gasteiger partial charge in [-0.05, 0) is 18.6 Å². The van der Waals surface area contributed by atoms with Crippen molar-refractivity contribution in [2.45, 2.75) is 6.92 Å². The van der Waals surface area contributed by atoms with E-state index in [-0.39, 0.29) is 17.1 Å². The van der Waals surface area contributed by atoms with Gasteiger partial charge in [0.25, 0.3) is 0 Å². The largest absolute Gasteiger partial charge is 0.507 e. The van der Waals surface area contributed by atoms with Crippen LogP contribution in [-0.4, -0.2) is 5.11 Å². The minimum atomic E-state index is 0. The van der Waals surface area contributed by atoms with Gasteiger partial charge < -0.3 is 5.11 Å². The Morgan fingerprint density at radius 1 is 1.00 bits per heavy atom. The van der Waals surface area contributed by atoms with Crippen molar-refractivity contribution < 1.29 is 22.2 Å². The van der Waals surface area contributed by atoms with Crippen LogP contribution in [0.15, 0.2) is 96.3 Å². The zero-order chi connectivity index (χ0) is 14.9. The standard InChI is InChI=1S/C15H14O.C5H5.Fe/c1-12-6-8-13(9-7-12)10-11-15(16)14-4-2-3-5-14;1-2-4-5-3-1;/h2-11,16H,1H3;1-5H;/q;-1;. The first-order valence-electron chi connectivity index (χ1n) is 6.95. The maximum Gasteiger partial charge on any atom is 0.122 e. The summed E-state index contributed by atoms with van der Waals surface area (Å²) in [4.78, 5) is 0. The summed E-state index contributed by atoms with van der Waals surface area (Å²) < 4.78 is 0. The molecule has 1 aliphatic rings. The molecule has 0 aromatic heterocycles. The van der Waals surface area contributed by atoms with E-state index in [0.29, 0.717) is 5.76 Å². The second-order valence-electron chi connectivity index (χ2n) is 4.77. The molecule has 0 aliphatic heterocycles. The maximum absolute atomic E-state index is 9.76. The number of rotatable bonds is 2. The molecule has 0 heterocycles. The van der Waals surface area contributed by atoms with Crippen LogP contribution in [0.1, 0.15) is 11.1 Å². The molecule has 0 saturated carbocycles. The van der Waals surface area contributed by atoms with E-state index in [1.54, 1.807) is 6.08 Å². The van der Waals surface area contributed by atoms with E-state index < -0.39 is 0 Å². The van der Waals surface area contributed by atoms with Crippen LogP contribution in [0.4, 0.5) is 0 Å².